The summed E-state index contributed by atoms with van der Waals surface area (Å²) in [5.74, 6) is -1.16. The zero-order valence-corrected chi connectivity index (χ0v) is 27.5. The van der Waals surface area contributed by atoms with E-state index in [0.717, 1.165) is 43.4 Å². The number of amides is 2. The summed E-state index contributed by atoms with van der Waals surface area (Å²) in [6.07, 6.45) is -1.22. The van der Waals surface area contributed by atoms with Gasteiger partial charge in [-0.05, 0) is 54.3 Å². The Kier molecular flexibility index (Phi) is 11.1. The molecular formula is C36H35ClF3N3O4S. The highest BCUT2D eigenvalue weighted by Gasteiger charge is 2.38. The second-order valence-electron chi connectivity index (χ2n) is 11.7. The van der Waals surface area contributed by atoms with Crippen LogP contribution in [-0.4, -0.2) is 43.8 Å². The first-order valence-corrected chi connectivity index (χ1v) is 17.4. The Hall–Kier alpha value is -4.35. The monoisotopic (exact) mass is 697 g/mol. The van der Waals surface area contributed by atoms with E-state index in [9.17, 15) is 31.2 Å². The molecule has 0 spiro atoms. The summed E-state index contributed by atoms with van der Waals surface area (Å²) in [4.78, 5) is 29.6. The van der Waals surface area contributed by atoms with Crippen LogP contribution in [0.5, 0.6) is 0 Å². The summed E-state index contributed by atoms with van der Waals surface area (Å²) >= 11 is 5.88. The van der Waals surface area contributed by atoms with Crippen LogP contribution in [0.3, 0.4) is 0 Å². The highest BCUT2D eigenvalue weighted by molar-refractivity contribution is 7.92. The second kappa shape index (κ2) is 15.3. The maximum absolute atomic E-state index is 14.5. The number of sulfonamides is 1. The van der Waals surface area contributed by atoms with Gasteiger partial charge in [-0.1, -0.05) is 103 Å². The molecule has 1 aliphatic rings. The lowest BCUT2D eigenvalue weighted by Gasteiger charge is -2.34. The summed E-state index contributed by atoms with van der Waals surface area (Å²) in [6, 6.07) is 26.8. The number of benzene rings is 4. The predicted molar refractivity (Wildman–Crippen MR) is 179 cm³/mol. The number of carbonyl (C=O) groups excluding carboxylic acids is 2. The van der Waals surface area contributed by atoms with Crippen molar-refractivity contribution in [3.8, 4) is 0 Å². The van der Waals surface area contributed by atoms with Gasteiger partial charge in [0.05, 0.1) is 21.2 Å². The molecule has 0 heterocycles. The van der Waals surface area contributed by atoms with Gasteiger partial charge in [-0.25, -0.2) is 8.42 Å². The number of anilines is 1. The summed E-state index contributed by atoms with van der Waals surface area (Å²) in [5, 5.41) is 2.47. The predicted octanol–water partition coefficient (Wildman–Crippen LogP) is 7.25. The molecule has 2 amide bonds. The standard InChI is InChI=1S/C36H35ClF3N3O4S/c37-32-21-20-29(23-31(32)36(38,39)40)43(48(46,47)30-18-8-3-9-19-30)25-34(44)42(24-27-14-6-2-7-15-27)33(22-26-12-4-1-5-13-26)35(45)41-28-16-10-11-17-28/h1-9,12-15,18-21,23,28,33H,10-11,16-17,22,24-25H2,(H,41,45). The van der Waals surface area contributed by atoms with Gasteiger partial charge in [0.2, 0.25) is 11.8 Å². The number of nitrogens with one attached hydrogen (secondary N) is 1. The highest BCUT2D eigenvalue weighted by Crippen LogP contribution is 2.38. The van der Waals surface area contributed by atoms with E-state index in [1.807, 2.05) is 30.3 Å². The molecule has 5 rings (SSSR count). The van der Waals surface area contributed by atoms with E-state index in [4.69, 9.17) is 11.6 Å². The van der Waals surface area contributed by atoms with E-state index in [1.54, 1.807) is 36.4 Å². The van der Waals surface area contributed by atoms with E-state index in [2.05, 4.69) is 5.32 Å². The summed E-state index contributed by atoms with van der Waals surface area (Å²) in [6.45, 7) is -0.937. The number of alkyl halides is 3. The van der Waals surface area contributed by atoms with Crippen LogP contribution >= 0.6 is 11.6 Å². The normalized spacial score (nSPS) is 14.3. The van der Waals surface area contributed by atoms with Crippen molar-refractivity contribution in [3.05, 3.63) is 131 Å². The van der Waals surface area contributed by atoms with Crippen molar-refractivity contribution in [1.82, 2.24) is 10.2 Å². The average Bonchev–Trinajstić information content (AvgIpc) is 3.59. The number of hydrogen-bond acceptors (Lipinski definition) is 4. The number of rotatable bonds is 12. The lowest BCUT2D eigenvalue weighted by atomic mass is 10.0. The minimum Gasteiger partial charge on any atom is -0.352 e. The fourth-order valence-electron chi connectivity index (χ4n) is 5.84. The maximum Gasteiger partial charge on any atom is 0.417 e. The van der Waals surface area contributed by atoms with Crippen LogP contribution in [-0.2, 0) is 38.8 Å². The number of nitrogens with zero attached hydrogens (tertiary/aromatic N) is 2. The van der Waals surface area contributed by atoms with Crippen molar-refractivity contribution >= 4 is 39.1 Å². The molecule has 1 unspecified atom stereocenters. The van der Waals surface area contributed by atoms with Gasteiger partial charge >= 0.3 is 6.18 Å². The molecule has 4 aromatic rings. The molecule has 48 heavy (non-hydrogen) atoms. The SMILES string of the molecule is O=C(NC1CCCC1)C(Cc1ccccc1)N(Cc1ccccc1)C(=O)CN(c1ccc(Cl)c(C(F)(F)F)c1)S(=O)(=O)c1ccccc1. The Balaban J connectivity index is 1.59. The van der Waals surface area contributed by atoms with Gasteiger partial charge in [-0.3, -0.25) is 13.9 Å². The Labute approximate surface area is 283 Å². The van der Waals surface area contributed by atoms with Crippen LogP contribution in [0, 0.1) is 0 Å². The van der Waals surface area contributed by atoms with E-state index in [-0.39, 0.29) is 23.9 Å². The van der Waals surface area contributed by atoms with Crippen molar-refractivity contribution < 1.29 is 31.2 Å². The summed E-state index contributed by atoms with van der Waals surface area (Å²) in [5.41, 5.74) is -0.197. The van der Waals surface area contributed by atoms with Crippen molar-refractivity contribution in [3.63, 3.8) is 0 Å². The third kappa shape index (κ3) is 8.56. The Morgan fingerprint density at radius 1 is 0.833 bits per heavy atom. The Bertz CT molecular complexity index is 1800. The van der Waals surface area contributed by atoms with Gasteiger partial charge in [-0.2, -0.15) is 13.2 Å². The lowest BCUT2D eigenvalue weighted by molar-refractivity contribution is -0.140. The molecule has 12 heteroatoms. The minimum atomic E-state index is -4.89. The fourth-order valence-corrected chi connectivity index (χ4v) is 7.49. The summed E-state index contributed by atoms with van der Waals surface area (Å²) in [7, 11) is -4.58. The van der Waals surface area contributed by atoms with Crippen LogP contribution < -0.4 is 9.62 Å². The van der Waals surface area contributed by atoms with E-state index in [0.29, 0.717) is 15.9 Å². The van der Waals surface area contributed by atoms with Crippen molar-refractivity contribution in [2.45, 2.75) is 61.8 Å². The third-order valence-corrected chi connectivity index (χ3v) is 10.4. The molecular weight excluding hydrogens is 663 g/mol. The topological polar surface area (TPSA) is 86.8 Å². The minimum absolute atomic E-state index is 0.0527. The first-order valence-electron chi connectivity index (χ1n) is 15.6. The second-order valence-corrected chi connectivity index (χ2v) is 14.0. The van der Waals surface area contributed by atoms with Crippen molar-refractivity contribution in [2.75, 3.05) is 10.8 Å². The highest BCUT2D eigenvalue weighted by atomic mass is 35.5. The average molecular weight is 698 g/mol. The molecule has 4 aromatic carbocycles. The first kappa shape index (κ1) is 35.0. The van der Waals surface area contributed by atoms with E-state index in [1.165, 1.54) is 29.2 Å². The van der Waals surface area contributed by atoms with Gasteiger partial charge in [0.15, 0.2) is 0 Å². The lowest BCUT2D eigenvalue weighted by Crippen LogP contribution is -2.54. The molecule has 1 aliphatic carbocycles. The fraction of sp³-hybridized carbons (Fsp3) is 0.278. The third-order valence-electron chi connectivity index (χ3n) is 8.32. The van der Waals surface area contributed by atoms with Gasteiger partial charge in [0.25, 0.3) is 10.0 Å². The zero-order valence-electron chi connectivity index (χ0n) is 25.9. The van der Waals surface area contributed by atoms with Crippen LogP contribution in [0.15, 0.2) is 114 Å². The molecule has 7 nitrogen and oxygen atoms in total. The van der Waals surface area contributed by atoms with Gasteiger partial charge < -0.3 is 10.2 Å². The molecule has 1 saturated carbocycles. The van der Waals surface area contributed by atoms with Gasteiger partial charge in [-0.15, -0.1) is 0 Å². The molecule has 0 aliphatic heterocycles. The molecule has 1 fully saturated rings. The van der Waals surface area contributed by atoms with Crippen LogP contribution in [0.25, 0.3) is 0 Å². The van der Waals surface area contributed by atoms with Crippen molar-refractivity contribution in [2.24, 2.45) is 0 Å². The summed E-state index contributed by atoms with van der Waals surface area (Å²) < 4.78 is 70.6. The molecule has 0 saturated heterocycles. The Morgan fingerprint density at radius 2 is 1.40 bits per heavy atom. The quantitative estimate of drug-likeness (QED) is 0.169. The van der Waals surface area contributed by atoms with Gasteiger partial charge in [0.1, 0.15) is 12.6 Å². The number of hydrogen-bond donors (Lipinski definition) is 1. The molecule has 252 valence electrons. The molecule has 1 atom stereocenters. The smallest absolute Gasteiger partial charge is 0.352 e. The maximum atomic E-state index is 14.5. The first-order chi connectivity index (χ1) is 22.9. The van der Waals surface area contributed by atoms with Gasteiger partial charge in [0, 0.05) is 19.0 Å². The largest absolute Gasteiger partial charge is 0.417 e. The molecule has 0 radical (unpaired) electrons. The molecule has 1 N–H and O–H groups in total. The number of carbonyl (C=O) groups is 2. The molecule has 0 aromatic heterocycles. The van der Waals surface area contributed by atoms with Crippen LogP contribution in [0.4, 0.5) is 18.9 Å². The van der Waals surface area contributed by atoms with Crippen LogP contribution in [0.1, 0.15) is 42.4 Å². The zero-order chi connectivity index (χ0) is 34.3. The van der Waals surface area contributed by atoms with E-state index < -0.39 is 56.9 Å². The van der Waals surface area contributed by atoms with Crippen molar-refractivity contribution in [1.29, 1.82) is 0 Å². The van der Waals surface area contributed by atoms with Crippen LogP contribution in [0.2, 0.25) is 5.02 Å². The molecule has 0 bridgehead atoms. The Morgan fingerprint density at radius 3 is 1.98 bits per heavy atom. The van der Waals surface area contributed by atoms with E-state index >= 15 is 0 Å². The number of halogens is 4.